The van der Waals surface area contributed by atoms with Gasteiger partial charge in [-0.15, -0.1) is 13.1 Å². The van der Waals surface area contributed by atoms with Gasteiger partial charge in [-0.1, -0.05) is 0 Å². The smallest absolute Gasteiger partial charge is 0.540 e. The van der Waals surface area contributed by atoms with E-state index in [9.17, 15) is 0 Å². The normalized spacial score (nSPS) is 8.08. The maximum atomic E-state index is 9.15. The molecular formula is C8H16LiNO2-2. The van der Waals surface area contributed by atoms with E-state index in [1.807, 2.05) is 11.9 Å². The average molecular weight is 165 g/mol. The summed E-state index contributed by atoms with van der Waals surface area (Å²) in [5.74, 6) is 0. The summed E-state index contributed by atoms with van der Waals surface area (Å²) in [7, 11) is 3.44. The molecule has 0 heterocycles. The Labute approximate surface area is 87.6 Å². The van der Waals surface area contributed by atoms with Gasteiger partial charge in [0.2, 0.25) is 0 Å². The van der Waals surface area contributed by atoms with Crippen LogP contribution < -0.4 is 18.9 Å². The molecule has 0 fully saturated rings. The first-order chi connectivity index (χ1) is 5.22. The topological polar surface area (TPSA) is 29.5 Å². The predicted octanol–water partition coefficient (Wildman–Crippen LogP) is -2.67. The van der Waals surface area contributed by atoms with E-state index in [0.717, 1.165) is 13.1 Å². The van der Waals surface area contributed by atoms with Gasteiger partial charge in [0.05, 0.1) is 0 Å². The molecule has 0 bridgehead atoms. The molecule has 0 radical (unpaired) electrons. The first-order valence-electron chi connectivity index (χ1n) is 3.33. The summed E-state index contributed by atoms with van der Waals surface area (Å²) >= 11 is 0. The molecule has 0 aromatic rings. The summed E-state index contributed by atoms with van der Waals surface area (Å²) in [6.45, 7) is 9.07. The van der Waals surface area contributed by atoms with Crippen molar-refractivity contribution in [1.82, 2.24) is 4.90 Å². The van der Waals surface area contributed by atoms with Crippen LogP contribution in [0.1, 0.15) is 0 Å². The van der Waals surface area contributed by atoms with Crippen molar-refractivity contribution in [2.45, 2.75) is 0 Å². The number of nitrogens with zero attached hydrogens (tertiary/aromatic N) is 1. The summed E-state index contributed by atoms with van der Waals surface area (Å²) in [6, 6.07) is 0. The third-order valence-corrected chi connectivity index (χ3v) is 0.967. The van der Waals surface area contributed by atoms with Gasteiger partial charge >= 0.3 is 18.9 Å². The molecule has 0 atom stereocenters. The van der Waals surface area contributed by atoms with Crippen molar-refractivity contribution in [2.24, 2.45) is 0 Å². The molecular weight excluding hydrogens is 149 g/mol. The minimum atomic E-state index is 0. The van der Waals surface area contributed by atoms with Crippen molar-refractivity contribution in [1.29, 1.82) is 0 Å². The van der Waals surface area contributed by atoms with Gasteiger partial charge in [0.15, 0.2) is 0 Å². The fraction of sp³-hybridized carbons (Fsp3) is 0.625. The summed E-state index contributed by atoms with van der Waals surface area (Å²) < 4.78 is 4.27. The first kappa shape index (κ1) is 18.1. The molecule has 12 heavy (non-hydrogen) atoms. The van der Waals surface area contributed by atoms with Gasteiger partial charge in [-0.05, 0) is 13.7 Å². The van der Waals surface area contributed by atoms with Crippen LogP contribution in [0.25, 0.3) is 0 Å². The van der Waals surface area contributed by atoms with Gasteiger partial charge < -0.3 is 28.3 Å². The molecule has 0 aliphatic rings. The molecule has 4 heteroatoms. The van der Waals surface area contributed by atoms with Gasteiger partial charge in [-0.25, -0.2) is 6.29 Å². The van der Waals surface area contributed by atoms with E-state index in [1.165, 1.54) is 7.11 Å². The Morgan fingerprint density at radius 3 is 1.83 bits per heavy atom. The van der Waals surface area contributed by atoms with Crippen LogP contribution in [0.15, 0.2) is 0 Å². The Morgan fingerprint density at radius 2 is 1.83 bits per heavy atom. The standard InChI is InChI=1S/C5H11N.C3H5O2.Li/c1-4-6(3)5-2;1-5-3-2-4;/h1-2,4-5H2,3H3;3H2,1H3;/q-2;-1;+1. The monoisotopic (exact) mass is 165 g/mol. The summed E-state index contributed by atoms with van der Waals surface area (Å²) in [5.41, 5.74) is 0. The van der Waals surface area contributed by atoms with Crippen molar-refractivity contribution >= 4 is 6.29 Å². The Hall–Kier alpha value is 0.187. The minimum Gasteiger partial charge on any atom is -0.540 e. The molecule has 0 aliphatic carbocycles. The van der Waals surface area contributed by atoms with E-state index in [4.69, 9.17) is 4.79 Å². The van der Waals surface area contributed by atoms with Gasteiger partial charge in [-0.3, -0.25) is 0 Å². The van der Waals surface area contributed by atoms with Crippen LogP contribution in [-0.2, 0) is 9.53 Å². The van der Waals surface area contributed by atoms with Gasteiger partial charge in [-0.2, -0.15) is 0 Å². The molecule has 0 unspecified atom stereocenters. The second-order valence-corrected chi connectivity index (χ2v) is 1.88. The van der Waals surface area contributed by atoms with Gasteiger partial charge in [0.25, 0.3) is 0 Å². The molecule has 0 N–H and O–H groups in total. The third-order valence-electron chi connectivity index (χ3n) is 0.967. The van der Waals surface area contributed by atoms with Crippen molar-refractivity contribution < 1.29 is 28.4 Å². The SMILES string of the molecule is COC[C-]=O.[CH2-]CN(C)C[CH2-].[Li+]. The zero-order chi connectivity index (χ0) is 9.11. The maximum absolute atomic E-state index is 9.15. The summed E-state index contributed by atoms with van der Waals surface area (Å²) in [4.78, 5) is 11.2. The molecule has 0 amide bonds. The molecule has 0 aromatic carbocycles. The molecule has 0 saturated heterocycles. The molecule has 0 spiro atoms. The summed E-state index contributed by atoms with van der Waals surface area (Å²) in [6.07, 6.45) is 1.55. The Balaban J connectivity index is -0.000000126. The van der Waals surface area contributed by atoms with Crippen LogP contribution in [0.2, 0.25) is 0 Å². The first-order valence-corrected chi connectivity index (χ1v) is 3.33. The second kappa shape index (κ2) is 17.3. The zero-order valence-corrected chi connectivity index (χ0v) is 8.30. The fourth-order valence-corrected chi connectivity index (χ4v) is 0.171. The number of hydrogen-bond donors (Lipinski definition) is 0. The molecule has 3 nitrogen and oxygen atoms in total. The van der Waals surface area contributed by atoms with E-state index < -0.39 is 0 Å². The van der Waals surface area contributed by atoms with Crippen molar-refractivity contribution in [3.05, 3.63) is 13.8 Å². The Morgan fingerprint density at radius 1 is 1.42 bits per heavy atom. The molecule has 68 valence electrons. The summed E-state index contributed by atoms with van der Waals surface area (Å²) in [5, 5.41) is 0. The quantitative estimate of drug-likeness (QED) is 0.336. The zero-order valence-electron chi connectivity index (χ0n) is 8.30. The van der Waals surface area contributed by atoms with E-state index in [-0.39, 0.29) is 25.5 Å². The Kier molecular flexibility index (Phi) is 26.1. The molecule has 0 rings (SSSR count). The number of carbonyl (C=O) groups excluding carboxylic acids is 1. The van der Waals surface area contributed by atoms with Crippen LogP contribution in [0.5, 0.6) is 0 Å². The van der Waals surface area contributed by atoms with E-state index in [2.05, 4.69) is 18.6 Å². The largest absolute Gasteiger partial charge is 1.00 e. The van der Waals surface area contributed by atoms with Crippen LogP contribution in [0.3, 0.4) is 0 Å². The minimum absolute atomic E-state index is 0. The van der Waals surface area contributed by atoms with Crippen molar-refractivity contribution in [3.63, 3.8) is 0 Å². The number of ether oxygens (including phenoxy) is 1. The third kappa shape index (κ3) is 22.5. The van der Waals surface area contributed by atoms with Gasteiger partial charge in [0, 0.05) is 7.11 Å². The second-order valence-electron chi connectivity index (χ2n) is 1.88. The van der Waals surface area contributed by atoms with E-state index in [0.29, 0.717) is 0 Å². The van der Waals surface area contributed by atoms with Crippen LogP contribution >= 0.6 is 0 Å². The Bertz CT molecular complexity index is 77.5. The van der Waals surface area contributed by atoms with Crippen LogP contribution in [0.4, 0.5) is 0 Å². The van der Waals surface area contributed by atoms with Crippen LogP contribution in [-0.4, -0.2) is 45.0 Å². The fourth-order valence-electron chi connectivity index (χ4n) is 0.171. The van der Waals surface area contributed by atoms with Gasteiger partial charge in [0.1, 0.15) is 0 Å². The molecule has 0 aliphatic heterocycles. The number of rotatable bonds is 4. The van der Waals surface area contributed by atoms with E-state index in [1.54, 1.807) is 6.29 Å². The predicted molar refractivity (Wildman–Crippen MR) is 45.8 cm³/mol. The van der Waals surface area contributed by atoms with Crippen molar-refractivity contribution in [3.8, 4) is 0 Å². The van der Waals surface area contributed by atoms with E-state index >= 15 is 0 Å². The number of hydrogen-bond acceptors (Lipinski definition) is 3. The number of methoxy groups -OCH3 is 1. The average Bonchev–Trinajstić information content (AvgIpc) is 2.06. The molecule has 0 saturated carbocycles. The van der Waals surface area contributed by atoms with Crippen molar-refractivity contribution in [2.75, 3.05) is 33.9 Å². The van der Waals surface area contributed by atoms with Crippen LogP contribution in [0, 0.1) is 13.8 Å². The maximum Gasteiger partial charge on any atom is 1.00 e. The molecule has 0 aromatic heterocycles.